The van der Waals surface area contributed by atoms with Crippen molar-refractivity contribution in [3.05, 3.63) is 71.8 Å². The molecule has 1 atom stereocenters. The average molecular weight is 309 g/mol. The largest absolute Gasteiger partial charge is 0.367 e. The van der Waals surface area contributed by atoms with Crippen molar-refractivity contribution >= 4 is 11.7 Å². The monoisotopic (exact) mass is 309 g/mol. The van der Waals surface area contributed by atoms with Gasteiger partial charge in [0.15, 0.2) is 0 Å². The minimum atomic E-state index is -0.591. The fourth-order valence-electron chi connectivity index (χ4n) is 2.87. The third kappa shape index (κ3) is 3.17. The van der Waals surface area contributed by atoms with E-state index in [1.807, 2.05) is 43.3 Å². The van der Waals surface area contributed by atoms with Crippen molar-refractivity contribution in [2.24, 2.45) is 0 Å². The van der Waals surface area contributed by atoms with Crippen molar-refractivity contribution in [2.75, 3.05) is 19.7 Å². The van der Waals surface area contributed by atoms with Crippen molar-refractivity contribution in [1.29, 1.82) is 0 Å². The predicted molar refractivity (Wildman–Crippen MR) is 87.1 cm³/mol. The molecule has 2 aromatic carbocycles. The molecule has 0 bridgehead atoms. The second-order valence-corrected chi connectivity index (χ2v) is 5.87. The molecule has 1 heterocycles. The van der Waals surface area contributed by atoms with Crippen molar-refractivity contribution in [3.63, 3.8) is 0 Å². The van der Waals surface area contributed by atoms with E-state index in [2.05, 4.69) is 0 Å². The van der Waals surface area contributed by atoms with Gasteiger partial charge in [0.2, 0.25) is 5.78 Å². The van der Waals surface area contributed by atoms with Crippen LogP contribution in [-0.2, 0) is 15.1 Å². The van der Waals surface area contributed by atoms with Crippen LogP contribution in [0.1, 0.15) is 22.8 Å². The molecule has 4 heteroatoms. The van der Waals surface area contributed by atoms with Crippen LogP contribution in [0.4, 0.5) is 0 Å². The molecule has 0 spiro atoms. The van der Waals surface area contributed by atoms with Crippen LogP contribution in [0, 0.1) is 0 Å². The minimum Gasteiger partial charge on any atom is -0.367 e. The maximum absolute atomic E-state index is 12.5. The Bertz CT molecular complexity index is 699. The van der Waals surface area contributed by atoms with Crippen LogP contribution >= 0.6 is 0 Å². The molecule has 1 unspecified atom stereocenters. The highest BCUT2D eigenvalue weighted by atomic mass is 16.5. The van der Waals surface area contributed by atoms with Crippen LogP contribution in [0.15, 0.2) is 60.7 Å². The lowest BCUT2D eigenvalue weighted by Gasteiger charge is -2.40. The number of nitrogens with zero attached hydrogens (tertiary/aromatic N) is 1. The summed E-state index contributed by atoms with van der Waals surface area (Å²) in [5, 5.41) is 0. The summed E-state index contributed by atoms with van der Waals surface area (Å²) in [5.74, 6) is -0.940. The quantitative estimate of drug-likeness (QED) is 0.647. The van der Waals surface area contributed by atoms with Gasteiger partial charge in [-0.3, -0.25) is 9.59 Å². The van der Waals surface area contributed by atoms with E-state index in [0.29, 0.717) is 25.3 Å². The van der Waals surface area contributed by atoms with Crippen molar-refractivity contribution in [3.8, 4) is 0 Å². The molecule has 0 saturated carbocycles. The topological polar surface area (TPSA) is 46.6 Å². The summed E-state index contributed by atoms with van der Waals surface area (Å²) in [6, 6.07) is 18.5. The molecule has 0 aromatic heterocycles. The van der Waals surface area contributed by atoms with Crippen molar-refractivity contribution in [1.82, 2.24) is 4.90 Å². The molecule has 1 fully saturated rings. The van der Waals surface area contributed by atoms with Crippen LogP contribution in [0.2, 0.25) is 0 Å². The van der Waals surface area contributed by atoms with Crippen molar-refractivity contribution in [2.45, 2.75) is 12.5 Å². The second kappa shape index (κ2) is 6.34. The number of ether oxygens (including phenoxy) is 1. The number of morpholine rings is 1. The van der Waals surface area contributed by atoms with Gasteiger partial charge in [-0.2, -0.15) is 0 Å². The number of ketones is 1. The standard InChI is InChI=1S/C19H19NO3/c1-19(16-10-6-3-7-11-16)14-20(12-13-23-19)18(22)17(21)15-8-4-2-5-9-15/h2-11H,12-14H2,1H3. The highest BCUT2D eigenvalue weighted by molar-refractivity contribution is 6.42. The lowest BCUT2D eigenvalue weighted by molar-refractivity contribution is -0.145. The van der Waals surface area contributed by atoms with Gasteiger partial charge < -0.3 is 9.64 Å². The first-order chi connectivity index (χ1) is 11.1. The van der Waals surface area contributed by atoms with E-state index in [-0.39, 0.29) is 0 Å². The van der Waals surface area contributed by atoms with E-state index in [4.69, 9.17) is 4.74 Å². The molecule has 2 aromatic rings. The Labute approximate surface area is 135 Å². The summed E-state index contributed by atoms with van der Waals surface area (Å²) in [6.45, 7) is 3.17. The Balaban J connectivity index is 1.79. The molecule has 1 aliphatic heterocycles. The van der Waals surface area contributed by atoms with E-state index in [9.17, 15) is 9.59 Å². The third-order valence-electron chi connectivity index (χ3n) is 4.18. The number of benzene rings is 2. The lowest BCUT2D eigenvalue weighted by atomic mass is 9.93. The highest BCUT2D eigenvalue weighted by Crippen LogP contribution is 2.29. The number of hydrogen-bond donors (Lipinski definition) is 0. The van der Waals surface area contributed by atoms with E-state index in [0.717, 1.165) is 5.56 Å². The van der Waals surface area contributed by atoms with Gasteiger partial charge in [-0.25, -0.2) is 0 Å². The number of rotatable bonds is 3. The Morgan fingerprint density at radius 1 is 1.00 bits per heavy atom. The fourth-order valence-corrected chi connectivity index (χ4v) is 2.87. The van der Waals surface area contributed by atoms with Gasteiger partial charge in [0.1, 0.15) is 5.60 Å². The third-order valence-corrected chi connectivity index (χ3v) is 4.18. The van der Waals surface area contributed by atoms with Crippen LogP contribution in [0.25, 0.3) is 0 Å². The zero-order chi connectivity index (χ0) is 16.3. The zero-order valence-electron chi connectivity index (χ0n) is 13.1. The summed E-state index contributed by atoms with van der Waals surface area (Å²) in [7, 11) is 0. The molecule has 0 radical (unpaired) electrons. The fraction of sp³-hybridized carbons (Fsp3) is 0.263. The smallest absolute Gasteiger partial charge is 0.295 e. The van der Waals surface area contributed by atoms with Crippen LogP contribution in [0.5, 0.6) is 0 Å². The molecule has 118 valence electrons. The first kappa shape index (κ1) is 15.4. The SMILES string of the molecule is CC1(c2ccccc2)CN(C(=O)C(=O)c2ccccc2)CCO1. The normalized spacial score (nSPS) is 21.0. The van der Waals surface area contributed by atoms with Gasteiger partial charge in [-0.1, -0.05) is 60.7 Å². The van der Waals surface area contributed by atoms with Crippen molar-refractivity contribution < 1.29 is 14.3 Å². The van der Waals surface area contributed by atoms with Crippen LogP contribution < -0.4 is 0 Å². The summed E-state index contributed by atoms with van der Waals surface area (Å²) in [6.07, 6.45) is 0. The second-order valence-electron chi connectivity index (χ2n) is 5.87. The van der Waals surface area contributed by atoms with Gasteiger partial charge in [0.25, 0.3) is 5.91 Å². The molecule has 3 rings (SSSR count). The molecular weight excluding hydrogens is 290 g/mol. The van der Waals surface area contributed by atoms with Gasteiger partial charge in [0.05, 0.1) is 13.2 Å². The Morgan fingerprint density at radius 2 is 1.61 bits per heavy atom. The molecule has 4 nitrogen and oxygen atoms in total. The number of carbonyl (C=O) groups excluding carboxylic acids is 2. The molecule has 1 saturated heterocycles. The number of amides is 1. The summed E-state index contributed by atoms with van der Waals surface area (Å²) < 4.78 is 5.91. The first-order valence-electron chi connectivity index (χ1n) is 7.68. The van der Waals surface area contributed by atoms with E-state index in [1.54, 1.807) is 29.2 Å². The van der Waals surface area contributed by atoms with Gasteiger partial charge in [-0.05, 0) is 12.5 Å². The maximum atomic E-state index is 12.5. The summed E-state index contributed by atoms with van der Waals surface area (Å²) in [4.78, 5) is 26.5. The molecule has 23 heavy (non-hydrogen) atoms. The zero-order valence-corrected chi connectivity index (χ0v) is 13.1. The average Bonchev–Trinajstić information content (AvgIpc) is 2.62. The van der Waals surface area contributed by atoms with E-state index in [1.165, 1.54) is 0 Å². The molecular formula is C19H19NO3. The predicted octanol–water partition coefficient (Wildman–Crippen LogP) is 2.64. The van der Waals surface area contributed by atoms with Gasteiger partial charge >= 0.3 is 0 Å². The van der Waals surface area contributed by atoms with Gasteiger partial charge in [-0.15, -0.1) is 0 Å². The first-order valence-corrected chi connectivity index (χ1v) is 7.68. The highest BCUT2D eigenvalue weighted by Gasteiger charge is 2.37. The van der Waals surface area contributed by atoms with E-state index >= 15 is 0 Å². The summed E-state index contributed by atoms with van der Waals surface area (Å²) in [5.41, 5.74) is 0.835. The lowest BCUT2D eigenvalue weighted by Crippen LogP contribution is -2.52. The summed E-state index contributed by atoms with van der Waals surface area (Å²) >= 11 is 0. The van der Waals surface area contributed by atoms with Gasteiger partial charge in [0, 0.05) is 12.1 Å². The Hall–Kier alpha value is -2.46. The van der Waals surface area contributed by atoms with Crippen LogP contribution in [-0.4, -0.2) is 36.3 Å². The van der Waals surface area contributed by atoms with E-state index < -0.39 is 17.3 Å². The molecule has 0 aliphatic carbocycles. The number of hydrogen-bond acceptors (Lipinski definition) is 3. The van der Waals surface area contributed by atoms with Crippen LogP contribution in [0.3, 0.4) is 0 Å². The number of Topliss-reactive ketones (excluding diaryl/α,β-unsaturated/α-hetero) is 1. The molecule has 0 N–H and O–H groups in total. The maximum Gasteiger partial charge on any atom is 0.295 e. The Kier molecular flexibility index (Phi) is 4.26. The minimum absolute atomic E-state index is 0.369. The molecule has 1 amide bonds. The Morgan fingerprint density at radius 3 is 2.26 bits per heavy atom. The molecule has 1 aliphatic rings. The number of carbonyl (C=O) groups is 2.